The SMILES string of the molecule is CC1CCC([C@H](C)N(C)C)C1P(c1ccccc1)c1ccccc1. The molecule has 0 bridgehead atoms. The van der Waals surface area contributed by atoms with Gasteiger partial charge >= 0.3 is 0 Å². The highest BCUT2D eigenvalue weighted by molar-refractivity contribution is 7.73. The molecule has 0 N–H and O–H groups in total. The van der Waals surface area contributed by atoms with Gasteiger partial charge in [-0.15, -0.1) is 0 Å². The Labute approximate surface area is 148 Å². The first-order valence-corrected chi connectivity index (χ1v) is 10.6. The molecule has 1 fully saturated rings. The van der Waals surface area contributed by atoms with E-state index >= 15 is 0 Å². The van der Waals surface area contributed by atoms with Gasteiger partial charge in [0.15, 0.2) is 0 Å². The van der Waals surface area contributed by atoms with Crippen LogP contribution in [0, 0.1) is 11.8 Å². The summed E-state index contributed by atoms with van der Waals surface area (Å²) >= 11 is 0. The Morgan fingerprint density at radius 1 is 0.875 bits per heavy atom. The Balaban J connectivity index is 2.04. The van der Waals surface area contributed by atoms with Crippen molar-refractivity contribution in [1.29, 1.82) is 0 Å². The molecule has 1 aliphatic carbocycles. The summed E-state index contributed by atoms with van der Waals surface area (Å²) < 4.78 is 0. The van der Waals surface area contributed by atoms with Gasteiger partial charge in [-0.05, 0) is 69.9 Å². The molecule has 128 valence electrons. The lowest BCUT2D eigenvalue weighted by Crippen LogP contribution is -2.39. The molecule has 1 saturated carbocycles. The smallest absolute Gasteiger partial charge is 0.00954 e. The van der Waals surface area contributed by atoms with E-state index in [1.165, 1.54) is 23.5 Å². The molecule has 2 aromatic rings. The lowest BCUT2D eigenvalue weighted by Gasteiger charge is -2.37. The van der Waals surface area contributed by atoms with Crippen molar-refractivity contribution in [3.05, 3.63) is 60.7 Å². The van der Waals surface area contributed by atoms with Crippen molar-refractivity contribution in [2.45, 2.75) is 38.4 Å². The maximum absolute atomic E-state index is 2.48. The van der Waals surface area contributed by atoms with Crippen LogP contribution in [0.4, 0.5) is 0 Å². The maximum Gasteiger partial charge on any atom is 0.00954 e. The van der Waals surface area contributed by atoms with Crippen LogP contribution in [0.1, 0.15) is 26.7 Å². The maximum atomic E-state index is 2.48. The third-order valence-electron chi connectivity index (χ3n) is 5.78. The molecule has 3 unspecified atom stereocenters. The van der Waals surface area contributed by atoms with E-state index in [0.29, 0.717) is 6.04 Å². The van der Waals surface area contributed by atoms with E-state index in [1.807, 2.05) is 0 Å². The average molecular weight is 339 g/mol. The van der Waals surface area contributed by atoms with Crippen molar-refractivity contribution in [1.82, 2.24) is 4.90 Å². The Hall–Kier alpha value is -1.17. The Bertz CT molecular complexity index is 585. The molecule has 0 heterocycles. The molecule has 1 nitrogen and oxygen atoms in total. The standard InChI is InChI=1S/C22H30NP/c1-17-15-16-21(18(2)23(3)4)22(17)24(19-11-7-5-8-12-19)20-13-9-6-10-14-20/h5-14,17-18,21-22H,15-16H2,1-4H3/t17?,18-,21?,22?/m0/s1. The van der Waals surface area contributed by atoms with Gasteiger partial charge in [0.25, 0.3) is 0 Å². The van der Waals surface area contributed by atoms with Crippen LogP contribution in [-0.4, -0.2) is 30.7 Å². The van der Waals surface area contributed by atoms with Gasteiger partial charge in [0.2, 0.25) is 0 Å². The summed E-state index contributed by atoms with van der Waals surface area (Å²) in [4.78, 5) is 2.42. The van der Waals surface area contributed by atoms with Crippen LogP contribution >= 0.6 is 7.92 Å². The minimum atomic E-state index is -0.315. The lowest BCUT2D eigenvalue weighted by molar-refractivity contribution is 0.229. The second kappa shape index (κ2) is 7.81. The van der Waals surface area contributed by atoms with Crippen molar-refractivity contribution in [3.8, 4) is 0 Å². The van der Waals surface area contributed by atoms with Gasteiger partial charge in [-0.2, -0.15) is 0 Å². The highest BCUT2D eigenvalue weighted by Crippen LogP contribution is 2.53. The van der Waals surface area contributed by atoms with E-state index in [1.54, 1.807) is 0 Å². The minimum Gasteiger partial charge on any atom is -0.306 e. The van der Waals surface area contributed by atoms with E-state index < -0.39 is 0 Å². The van der Waals surface area contributed by atoms with Crippen LogP contribution < -0.4 is 10.6 Å². The van der Waals surface area contributed by atoms with Gasteiger partial charge in [0.1, 0.15) is 0 Å². The van der Waals surface area contributed by atoms with Crippen LogP contribution in [0.25, 0.3) is 0 Å². The first-order chi connectivity index (χ1) is 11.6. The molecular formula is C22H30NP. The molecular weight excluding hydrogens is 309 g/mol. The summed E-state index contributed by atoms with van der Waals surface area (Å²) in [5.74, 6) is 1.57. The number of nitrogens with zero attached hydrogens (tertiary/aromatic N) is 1. The van der Waals surface area contributed by atoms with Crippen LogP contribution in [0.5, 0.6) is 0 Å². The molecule has 0 aromatic heterocycles. The molecule has 2 aromatic carbocycles. The van der Waals surface area contributed by atoms with Crippen LogP contribution in [0.2, 0.25) is 0 Å². The van der Waals surface area contributed by atoms with Crippen molar-refractivity contribution < 1.29 is 0 Å². The molecule has 0 spiro atoms. The number of hydrogen-bond donors (Lipinski definition) is 0. The summed E-state index contributed by atoms with van der Waals surface area (Å²) in [5, 5.41) is 3.07. The van der Waals surface area contributed by atoms with Gasteiger partial charge in [-0.25, -0.2) is 0 Å². The van der Waals surface area contributed by atoms with Gasteiger partial charge < -0.3 is 4.90 Å². The van der Waals surface area contributed by atoms with Crippen molar-refractivity contribution in [2.24, 2.45) is 11.8 Å². The lowest BCUT2D eigenvalue weighted by atomic mass is 9.97. The second-order valence-corrected chi connectivity index (χ2v) is 9.82. The van der Waals surface area contributed by atoms with E-state index in [2.05, 4.69) is 93.5 Å². The summed E-state index contributed by atoms with van der Waals surface area (Å²) in [5.41, 5.74) is 0.766. The summed E-state index contributed by atoms with van der Waals surface area (Å²) in [6, 6.07) is 23.1. The topological polar surface area (TPSA) is 3.24 Å². The van der Waals surface area contributed by atoms with Crippen LogP contribution in [-0.2, 0) is 0 Å². The Morgan fingerprint density at radius 3 is 1.83 bits per heavy atom. The van der Waals surface area contributed by atoms with Crippen LogP contribution in [0.3, 0.4) is 0 Å². The molecule has 0 aliphatic heterocycles. The van der Waals surface area contributed by atoms with Gasteiger partial charge in [0.05, 0.1) is 0 Å². The molecule has 2 heteroatoms. The van der Waals surface area contributed by atoms with Crippen molar-refractivity contribution in [2.75, 3.05) is 14.1 Å². The largest absolute Gasteiger partial charge is 0.306 e. The normalized spacial score (nSPS) is 25.3. The number of benzene rings is 2. The third-order valence-corrected chi connectivity index (χ3v) is 8.98. The first-order valence-electron chi connectivity index (χ1n) is 9.15. The quantitative estimate of drug-likeness (QED) is 0.726. The molecule has 1 aliphatic rings. The van der Waals surface area contributed by atoms with E-state index in [4.69, 9.17) is 0 Å². The summed E-state index contributed by atoms with van der Waals surface area (Å²) in [6.07, 6.45) is 2.73. The Morgan fingerprint density at radius 2 is 1.38 bits per heavy atom. The predicted octanol–water partition coefficient (Wildman–Crippen LogP) is 4.48. The molecule has 4 atom stereocenters. The third kappa shape index (κ3) is 3.58. The molecule has 0 amide bonds. The highest BCUT2D eigenvalue weighted by Gasteiger charge is 2.42. The fourth-order valence-electron chi connectivity index (χ4n) is 4.24. The van der Waals surface area contributed by atoms with E-state index in [0.717, 1.165) is 17.5 Å². The number of hydrogen-bond acceptors (Lipinski definition) is 1. The van der Waals surface area contributed by atoms with E-state index in [9.17, 15) is 0 Å². The first kappa shape index (κ1) is 17.6. The average Bonchev–Trinajstić information content (AvgIpc) is 2.98. The van der Waals surface area contributed by atoms with Crippen molar-refractivity contribution in [3.63, 3.8) is 0 Å². The molecule has 0 radical (unpaired) electrons. The fourth-order valence-corrected chi connectivity index (χ4v) is 7.66. The molecule has 24 heavy (non-hydrogen) atoms. The van der Waals surface area contributed by atoms with E-state index in [-0.39, 0.29) is 7.92 Å². The summed E-state index contributed by atoms with van der Waals surface area (Å²) in [7, 11) is 4.15. The fraction of sp³-hybridized carbons (Fsp3) is 0.455. The number of rotatable bonds is 5. The highest BCUT2D eigenvalue weighted by atomic mass is 31.1. The molecule has 0 saturated heterocycles. The monoisotopic (exact) mass is 339 g/mol. The van der Waals surface area contributed by atoms with Gasteiger partial charge in [-0.1, -0.05) is 67.6 Å². The molecule has 3 rings (SSSR count). The second-order valence-electron chi connectivity index (χ2n) is 7.45. The summed E-state index contributed by atoms with van der Waals surface area (Å²) in [6.45, 7) is 4.90. The minimum absolute atomic E-state index is 0.315. The Kier molecular flexibility index (Phi) is 5.74. The zero-order valence-electron chi connectivity index (χ0n) is 15.4. The van der Waals surface area contributed by atoms with Gasteiger partial charge in [0, 0.05) is 6.04 Å². The predicted molar refractivity (Wildman–Crippen MR) is 108 cm³/mol. The zero-order chi connectivity index (χ0) is 17.1. The van der Waals surface area contributed by atoms with Crippen LogP contribution in [0.15, 0.2) is 60.7 Å². The zero-order valence-corrected chi connectivity index (χ0v) is 16.3. The van der Waals surface area contributed by atoms with Gasteiger partial charge in [-0.3, -0.25) is 0 Å². The van der Waals surface area contributed by atoms with Crippen molar-refractivity contribution >= 4 is 18.5 Å².